The van der Waals surface area contributed by atoms with Gasteiger partial charge in [-0.15, -0.1) is 11.3 Å². The SMILES string of the molecule is Cn1nc(C(=O)N(Cc2cccs2)c2ccc(F)cc2F)ccc1=O. The van der Waals surface area contributed by atoms with Crippen molar-refractivity contribution in [1.29, 1.82) is 0 Å². The van der Waals surface area contributed by atoms with Crippen molar-refractivity contribution in [3.05, 3.63) is 80.4 Å². The lowest BCUT2D eigenvalue weighted by molar-refractivity contribution is 0.0977. The number of anilines is 1. The van der Waals surface area contributed by atoms with Crippen LogP contribution in [0.25, 0.3) is 0 Å². The first-order chi connectivity index (χ1) is 12.0. The van der Waals surface area contributed by atoms with E-state index in [-0.39, 0.29) is 23.5 Å². The molecule has 0 spiro atoms. The normalized spacial score (nSPS) is 10.7. The van der Waals surface area contributed by atoms with Gasteiger partial charge in [-0.05, 0) is 29.6 Å². The van der Waals surface area contributed by atoms with E-state index in [1.807, 2.05) is 11.4 Å². The molecule has 0 unspecified atom stereocenters. The number of amides is 1. The highest BCUT2D eigenvalue weighted by atomic mass is 32.1. The van der Waals surface area contributed by atoms with Gasteiger partial charge in [-0.25, -0.2) is 13.5 Å². The minimum absolute atomic E-state index is 0.0117. The number of nitrogens with zero attached hydrogens (tertiary/aromatic N) is 3. The van der Waals surface area contributed by atoms with Gasteiger partial charge in [0.1, 0.15) is 17.3 Å². The molecule has 3 aromatic rings. The number of rotatable bonds is 4. The largest absolute Gasteiger partial charge is 0.299 e. The first-order valence-electron chi connectivity index (χ1n) is 7.29. The van der Waals surface area contributed by atoms with Gasteiger partial charge in [0.25, 0.3) is 11.5 Å². The predicted octanol–water partition coefficient (Wildman–Crippen LogP) is 2.97. The van der Waals surface area contributed by atoms with Crippen LogP contribution in [-0.2, 0) is 13.6 Å². The van der Waals surface area contributed by atoms with Gasteiger partial charge in [-0.1, -0.05) is 6.07 Å². The number of aryl methyl sites for hydroxylation is 1. The summed E-state index contributed by atoms with van der Waals surface area (Å²) in [6, 6.07) is 9.13. The van der Waals surface area contributed by atoms with Crippen LogP contribution in [0.2, 0.25) is 0 Å². The van der Waals surface area contributed by atoms with Crippen molar-refractivity contribution in [2.75, 3.05) is 4.90 Å². The number of thiophene rings is 1. The highest BCUT2D eigenvalue weighted by Gasteiger charge is 2.23. The molecule has 128 valence electrons. The van der Waals surface area contributed by atoms with Crippen LogP contribution in [0, 0.1) is 11.6 Å². The number of halogens is 2. The minimum atomic E-state index is -0.852. The maximum absolute atomic E-state index is 14.2. The molecule has 0 saturated carbocycles. The monoisotopic (exact) mass is 361 g/mol. The van der Waals surface area contributed by atoms with Gasteiger partial charge in [-0.3, -0.25) is 14.5 Å². The average molecular weight is 361 g/mol. The van der Waals surface area contributed by atoms with E-state index < -0.39 is 17.5 Å². The second kappa shape index (κ2) is 6.94. The fraction of sp³-hybridized carbons (Fsp3) is 0.118. The van der Waals surface area contributed by atoms with Gasteiger partial charge in [0.15, 0.2) is 0 Å². The van der Waals surface area contributed by atoms with E-state index in [1.165, 1.54) is 41.5 Å². The van der Waals surface area contributed by atoms with Crippen LogP contribution >= 0.6 is 11.3 Å². The summed E-state index contributed by atoms with van der Waals surface area (Å²) in [7, 11) is 1.42. The Morgan fingerprint density at radius 2 is 2.04 bits per heavy atom. The molecule has 8 heteroatoms. The maximum Gasteiger partial charge on any atom is 0.279 e. The van der Waals surface area contributed by atoms with Gasteiger partial charge in [0, 0.05) is 24.1 Å². The number of hydrogen-bond acceptors (Lipinski definition) is 4. The lowest BCUT2D eigenvalue weighted by atomic mass is 10.2. The fourth-order valence-electron chi connectivity index (χ4n) is 2.28. The third-order valence-electron chi connectivity index (χ3n) is 3.52. The standard InChI is InChI=1S/C17H13F2N3O2S/c1-21-16(23)7-5-14(20-21)17(24)22(10-12-3-2-8-25-12)15-6-4-11(18)9-13(15)19/h2-9H,10H2,1H3. The topological polar surface area (TPSA) is 55.2 Å². The molecule has 1 amide bonds. The molecule has 0 atom stereocenters. The van der Waals surface area contributed by atoms with Crippen molar-refractivity contribution in [1.82, 2.24) is 9.78 Å². The molecule has 25 heavy (non-hydrogen) atoms. The van der Waals surface area contributed by atoms with Crippen LogP contribution < -0.4 is 10.5 Å². The zero-order valence-electron chi connectivity index (χ0n) is 13.1. The third-order valence-corrected chi connectivity index (χ3v) is 4.38. The number of carbonyl (C=O) groups excluding carboxylic acids is 1. The van der Waals surface area contributed by atoms with Crippen LogP contribution in [0.15, 0.2) is 52.6 Å². The van der Waals surface area contributed by atoms with Crippen molar-refractivity contribution in [2.24, 2.45) is 7.05 Å². The van der Waals surface area contributed by atoms with E-state index in [0.717, 1.165) is 21.7 Å². The zero-order valence-corrected chi connectivity index (χ0v) is 14.0. The Labute approximate surface area is 145 Å². The van der Waals surface area contributed by atoms with E-state index >= 15 is 0 Å². The molecule has 0 N–H and O–H groups in total. The summed E-state index contributed by atoms with van der Waals surface area (Å²) >= 11 is 1.41. The highest BCUT2D eigenvalue weighted by molar-refractivity contribution is 7.09. The Balaban J connectivity index is 2.04. The van der Waals surface area contributed by atoms with Crippen molar-refractivity contribution in [3.63, 3.8) is 0 Å². The van der Waals surface area contributed by atoms with Crippen LogP contribution in [0.3, 0.4) is 0 Å². The number of hydrogen-bond donors (Lipinski definition) is 0. The van der Waals surface area contributed by atoms with Crippen molar-refractivity contribution < 1.29 is 13.6 Å². The van der Waals surface area contributed by atoms with Gasteiger partial charge in [0.2, 0.25) is 0 Å². The highest BCUT2D eigenvalue weighted by Crippen LogP contribution is 2.25. The Morgan fingerprint density at radius 3 is 2.68 bits per heavy atom. The number of carbonyl (C=O) groups is 1. The van der Waals surface area contributed by atoms with Crippen LogP contribution in [0.4, 0.5) is 14.5 Å². The molecular weight excluding hydrogens is 348 g/mol. The predicted molar refractivity (Wildman–Crippen MR) is 90.7 cm³/mol. The van der Waals surface area contributed by atoms with Gasteiger partial charge in [-0.2, -0.15) is 5.10 Å². The van der Waals surface area contributed by atoms with Crippen LogP contribution in [-0.4, -0.2) is 15.7 Å². The summed E-state index contributed by atoms with van der Waals surface area (Å²) in [5.41, 5.74) is -0.438. The molecule has 0 radical (unpaired) electrons. The quantitative estimate of drug-likeness (QED) is 0.718. The second-order valence-corrected chi connectivity index (χ2v) is 6.28. The molecule has 1 aromatic carbocycles. The summed E-state index contributed by atoms with van der Waals surface area (Å²) < 4.78 is 28.5. The Morgan fingerprint density at radius 1 is 1.24 bits per heavy atom. The molecule has 0 aliphatic heterocycles. The van der Waals surface area contributed by atoms with E-state index in [0.29, 0.717) is 0 Å². The van der Waals surface area contributed by atoms with E-state index in [4.69, 9.17) is 0 Å². The van der Waals surface area contributed by atoms with Crippen molar-refractivity contribution >= 4 is 22.9 Å². The van der Waals surface area contributed by atoms with E-state index in [2.05, 4.69) is 5.10 Å². The van der Waals surface area contributed by atoms with Crippen LogP contribution in [0.5, 0.6) is 0 Å². The van der Waals surface area contributed by atoms with Crippen molar-refractivity contribution in [2.45, 2.75) is 6.54 Å². The fourth-order valence-corrected chi connectivity index (χ4v) is 2.97. The summed E-state index contributed by atoms with van der Waals surface area (Å²) in [4.78, 5) is 26.3. The molecule has 0 aliphatic rings. The summed E-state index contributed by atoms with van der Waals surface area (Å²) in [5, 5.41) is 5.75. The lowest BCUT2D eigenvalue weighted by Crippen LogP contribution is -2.33. The lowest BCUT2D eigenvalue weighted by Gasteiger charge is -2.22. The zero-order chi connectivity index (χ0) is 18.0. The van der Waals surface area contributed by atoms with E-state index in [9.17, 15) is 18.4 Å². The molecule has 2 heterocycles. The summed E-state index contributed by atoms with van der Waals surface area (Å²) in [6.45, 7) is 0.101. The average Bonchev–Trinajstić information content (AvgIpc) is 3.08. The van der Waals surface area contributed by atoms with Gasteiger partial charge < -0.3 is 0 Å². The molecule has 0 bridgehead atoms. The number of aromatic nitrogens is 2. The van der Waals surface area contributed by atoms with E-state index in [1.54, 1.807) is 6.07 Å². The molecule has 0 aliphatic carbocycles. The summed E-state index contributed by atoms with van der Waals surface area (Å²) in [5.74, 6) is -2.17. The molecular formula is C17H13F2N3O2S. The third kappa shape index (κ3) is 3.63. The summed E-state index contributed by atoms with van der Waals surface area (Å²) in [6.07, 6.45) is 0. The Kier molecular flexibility index (Phi) is 4.71. The maximum atomic E-state index is 14.2. The second-order valence-electron chi connectivity index (χ2n) is 5.25. The molecule has 3 rings (SSSR count). The van der Waals surface area contributed by atoms with Crippen molar-refractivity contribution in [3.8, 4) is 0 Å². The Hall–Kier alpha value is -2.87. The van der Waals surface area contributed by atoms with Crippen LogP contribution in [0.1, 0.15) is 15.4 Å². The van der Waals surface area contributed by atoms with Gasteiger partial charge in [0.05, 0.1) is 12.2 Å². The minimum Gasteiger partial charge on any atom is -0.299 e. The number of benzene rings is 1. The molecule has 0 fully saturated rings. The smallest absolute Gasteiger partial charge is 0.279 e. The first kappa shape index (κ1) is 17.0. The Bertz CT molecular complexity index is 970. The van der Waals surface area contributed by atoms with Gasteiger partial charge >= 0.3 is 0 Å². The molecule has 5 nitrogen and oxygen atoms in total. The first-order valence-corrected chi connectivity index (χ1v) is 8.17. The molecule has 0 saturated heterocycles. The molecule has 2 aromatic heterocycles.